The standard InChI is InChI=1S/2C25H23.C6H19BNSi2.2ClH.Zr/c2*1-2-3-10-20-13-7-8-15-23(20)24-16-9-14-21-17-22(18-25(21)24)19-11-5-4-6-12-19;1-9(2,3)8(7)10(4,5)6;;;/h2*4-9,11-18H,2-3,10H2,1H3;7H,1-6H3;2*1H;/q;;+1;;;+1/p-2. The summed E-state index contributed by atoms with van der Waals surface area (Å²) >= 11 is -5.65. The molecule has 2 unspecified atom stereocenters. The molecule has 0 spiro atoms. The van der Waals surface area contributed by atoms with Crippen LogP contribution in [0.25, 0.3) is 45.6 Å². The van der Waals surface area contributed by atoms with Gasteiger partial charge in [0.1, 0.15) is 0 Å². The molecular formula is C56H65BCl2NSi2Zr. The maximum absolute atomic E-state index is 9.45. The van der Waals surface area contributed by atoms with Crippen LogP contribution >= 0.6 is 17.0 Å². The van der Waals surface area contributed by atoms with Crippen molar-refractivity contribution in [2.24, 2.45) is 0 Å². The van der Waals surface area contributed by atoms with Gasteiger partial charge < -0.3 is 0 Å². The average molecular weight is 981 g/mol. The predicted octanol–water partition coefficient (Wildman–Crippen LogP) is 16.8. The van der Waals surface area contributed by atoms with Crippen LogP contribution in [0, 0.1) is 0 Å². The molecule has 0 amide bonds. The molecule has 6 aromatic rings. The predicted molar refractivity (Wildman–Crippen MR) is 282 cm³/mol. The van der Waals surface area contributed by atoms with Crippen molar-refractivity contribution in [2.75, 3.05) is 0 Å². The molecule has 0 saturated carbocycles. The third-order valence-corrected chi connectivity index (χ3v) is 40.6. The summed E-state index contributed by atoms with van der Waals surface area (Å²) in [5.74, 6) is 0. The summed E-state index contributed by atoms with van der Waals surface area (Å²) in [6.07, 6.45) is 11.8. The van der Waals surface area contributed by atoms with E-state index in [1.165, 1.54) is 77.9 Å². The van der Waals surface area contributed by atoms with Crippen LogP contribution in [-0.4, -0.2) is 25.6 Å². The van der Waals surface area contributed by atoms with Crippen LogP contribution in [0.4, 0.5) is 0 Å². The molecule has 7 heteroatoms. The van der Waals surface area contributed by atoms with Crippen molar-refractivity contribution in [3.05, 3.63) is 190 Å². The van der Waals surface area contributed by atoms with E-state index < -0.39 is 32.6 Å². The summed E-state index contributed by atoms with van der Waals surface area (Å²) in [5.41, 5.74) is 18.1. The molecule has 0 heterocycles. The second-order valence-corrected chi connectivity index (χ2v) is 52.4. The molecule has 2 atom stereocenters. The molecule has 6 aromatic carbocycles. The third-order valence-electron chi connectivity index (χ3n) is 13.8. The van der Waals surface area contributed by atoms with E-state index in [2.05, 4.69) is 215 Å². The Morgan fingerprint density at radius 1 is 0.476 bits per heavy atom. The molecule has 0 aliphatic heterocycles. The molecule has 0 fully saturated rings. The Morgan fingerprint density at radius 2 is 0.841 bits per heavy atom. The number of allylic oxidation sites excluding steroid dienone is 2. The zero-order chi connectivity index (χ0) is 44.6. The van der Waals surface area contributed by atoms with Crippen molar-refractivity contribution in [2.45, 2.75) is 98.9 Å². The molecule has 63 heavy (non-hydrogen) atoms. The zero-order valence-corrected chi connectivity index (χ0v) is 44.8. The van der Waals surface area contributed by atoms with E-state index in [0.29, 0.717) is 0 Å². The molecule has 0 aromatic heterocycles. The number of hydrogen-bond donors (Lipinski definition) is 0. The van der Waals surface area contributed by atoms with Gasteiger partial charge in [-0.25, -0.2) is 0 Å². The number of fused-ring (bicyclic) bond motifs is 2. The van der Waals surface area contributed by atoms with Gasteiger partial charge in [-0.2, -0.15) is 0 Å². The van der Waals surface area contributed by atoms with Crippen LogP contribution in [0.5, 0.6) is 0 Å². The average Bonchev–Trinajstić information content (AvgIpc) is 3.89. The molecule has 8 rings (SSSR count). The van der Waals surface area contributed by atoms with E-state index in [-0.39, 0.29) is 7.25 Å². The number of aryl methyl sites for hydroxylation is 2. The fourth-order valence-corrected chi connectivity index (χ4v) is 52.5. The number of benzene rings is 6. The number of halogens is 2. The van der Waals surface area contributed by atoms with Gasteiger partial charge in [-0.3, -0.25) is 0 Å². The molecular weight excluding hydrogens is 916 g/mol. The fraction of sp³-hybridized carbons (Fsp3) is 0.286. The van der Waals surface area contributed by atoms with Crippen molar-refractivity contribution in [3.8, 4) is 22.3 Å². The van der Waals surface area contributed by atoms with Gasteiger partial charge in [0, 0.05) is 0 Å². The summed E-state index contributed by atoms with van der Waals surface area (Å²) < 4.78 is 2.59. The molecule has 0 radical (unpaired) electrons. The van der Waals surface area contributed by atoms with Gasteiger partial charge in [0.25, 0.3) is 0 Å². The Hall–Kier alpha value is -3.28. The Bertz CT molecular complexity index is 2480. The molecule has 0 N–H and O–H groups in total. The van der Waals surface area contributed by atoms with Crippen molar-refractivity contribution < 1.29 is 16.2 Å². The fourth-order valence-electron chi connectivity index (χ4n) is 11.2. The number of rotatable bonds is 16. The maximum atomic E-state index is 9.45. The number of hydrogen-bond acceptors (Lipinski definition) is 1. The van der Waals surface area contributed by atoms with E-state index >= 15 is 0 Å². The quantitative estimate of drug-likeness (QED) is 0.0874. The van der Waals surface area contributed by atoms with Gasteiger partial charge in [-0.15, -0.1) is 0 Å². The van der Waals surface area contributed by atoms with E-state index in [1.807, 2.05) is 0 Å². The topological polar surface area (TPSA) is 3.24 Å². The molecule has 1 nitrogen and oxygen atoms in total. The number of nitrogens with zero attached hydrogens (tertiary/aromatic N) is 1. The first-order valence-electron chi connectivity index (χ1n) is 23.5. The van der Waals surface area contributed by atoms with Crippen molar-refractivity contribution in [3.63, 3.8) is 0 Å². The summed E-state index contributed by atoms with van der Waals surface area (Å²) in [4.78, 5) is 0.729. The first-order chi connectivity index (χ1) is 30.1. The van der Waals surface area contributed by atoms with Gasteiger partial charge in [-0.05, 0) is 0 Å². The summed E-state index contributed by atoms with van der Waals surface area (Å²) in [6.45, 7) is 19.6. The first kappa shape index (κ1) is 46.3. The van der Waals surface area contributed by atoms with Crippen molar-refractivity contribution in [1.29, 1.82) is 0 Å². The summed E-state index contributed by atoms with van der Waals surface area (Å²) in [5, 5.41) is 0. The van der Waals surface area contributed by atoms with Crippen molar-refractivity contribution >= 4 is 61.7 Å². The van der Waals surface area contributed by atoms with Crippen LogP contribution in [0.2, 0.25) is 39.3 Å². The second-order valence-electron chi connectivity index (χ2n) is 20.2. The molecule has 323 valence electrons. The van der Waals surface area contributed by atoms with Crippen LogP contribution in [0.3, 0.4) is 0 Å². The van der Waals surface area contributed by atoms with E-state index in [0.717, 1.165) is 43.5 Å². The Morgan fingerprint density at radius 3 is 1.22 bits per heavy atom. The van der Waals surface area contributed by atoms with Gasteiger partial charge in [0.15, 0.2) is 0 Å². The van der Waals surface area contributed by atoms with Gasteiger partial charge in [0.05, 0.1) is 0 Å². The van der Waals surface area contributed by atoms with Gasteiger partial charge >= 0.3 is 393 Å². The molecule has 0 saturated heterocycles. The monoisotopic (exact) mass is 978 g/mol. The Kier molecular flexibility index (Phi) is 13.6. The van der Waals surface area contributed by atoms with E-state index in [9.17, 15) is 17.0 Å². The zero-order valence-electron chi connectivity index (χ0n) is 38.8. The van der Waals surface area contributed by atoms with Crippen molar-refractivity contribution in [1.82, 2.24) is 4.14 Å². The minimum atomic E-state index is -5.65. The Labute approximate surface area is 390 Å². The van der Waals surface area contributed by atoms with Gasteiger partial charge in [-0.1, -0.05) is 0 Å². The third kappa shape index (κ3) is 9.02. The molecule has 2 aliphatic rings. The molecule has 0 bridgehead atoms. The first-order valence-corrected chi connectivity index (χ1v) is 41.3. The summed E-state index contributed by atoms with van der Waals surface area (Å²) in [6, 6.07) is 54.3. The van der Waals surface area contributed by atoms with Crippen LogP contribution in [0.1, 0.15) is 91.3 Å². The molecule has 2 aliphatic carbocycles. The van der Waals surface area contributed by atoms with Crippen LogP contribution in [-0.2, 0) is 29.0 Å². The van der Waals surface area contributed by atoms with Crippen LogP contribution < -0.4 is 0 Å². The normalized spacial score (nSPS) is 16.8. The van der Waals surface area contributed by atoms with Crippen LogP contribution in [0.15, 0.2) is 146 Å². The minimum absolute atomic E-state index is 0.173. The Balaban J connectivity index is 1.47. The number of unbranched alkanes of at least 4 members (excludes halogenated alkanes) is 2. The van der Waals surface area contributed by atoms with Gasteiger partial charge in [0.2, 0.25) is 0 Å². The van der Waals surface area contributed by atoms with E-state index in [4.69, 9.17) is 0 Å². The SMILES string of the molecule is CCCCc1ccccc1-c1cccc2c1C=C(c1ccccc1)[CH]2[Zr]([Cl])([Cl])([BH]N([Si](C)(C)C)[Si](C)(C)C)[CH]1C(c2ccccc2)=Cc2c(-c3ccccc3CCCC)cccc21. The second kappa shape index (κ2) is 18.5. The summed E-state index contributed by atoms with van der Waals surface area (Å²) in [7, 11) is 14.9. The van der Waals surface area contributed by atoms with E-state index in [1.54, 1.807) is 0 Å².